The zero-order chi connectivity index (χ0) is 50.8. The average Bonchev–Trinajstić information content (AvgIpc) is 3.58. The lowest BCUT2D eigenvalue weighted by atomic mass is 10.1. The van der Waals surface area contributed by atoms with E-state index in [1.165, 1.54) is 31.7 Å². The lowest BCUT2D eigenvalue weighted by Gasteiger charge is -2.21. The van der Waals surface area contributed by atoms with Gasteiger partial charge in [-0.3, -0.25) is 23.2 Å². The molecule has 0 saturated carbocycles. The van der Waals surface area contributed by atoms with Gasteiger partial charge < -0.3 is 45.1 Å². The Labute approximate surface area is 407 Å². The van der Waals surface area contributed by atoms with Crippen molar-refractivity contribution in [3.63, 3.8) is 0 Å². The van der Waals surface area contributed by atoms with Gasteiger partial charge in [-0.1, -0.05) is 125 Å². The van der Waals surface area contributed by atoms with Crippen LogP contribution in [-0.4, -0.2) is 96.9 Å². The third kappa shape index (κ3) is 29.2. The first-order chi connectivity index (χ1) is 33.1. The Morgan fingerprint density at radius 2 is 1.39 bits per heavy atom. The van der Waals surface area contributed by atoms with E-state index in [-0.39, 0.29) is 18.7 Å². The maximum absolute atomic E-state index is 12.8. The summed E-state index contributed by atoms with van der Waals surface area (Å²) in [5.74, 6) is -1.41. The molecule has 7 N–H and O–H groups in total. The van der Waals surface area contributed by atoms with Crippen LogP contribution in [-0.2, 0) is 46.3 Å². The lowest BCUT2D eigenvalue weighted by molar-refractivity contribution is -0.161. The topological polar surface area (TPSA) is 286 Å². The maximum Gasteiger partial charge on any atom is 0.481 e. The first-order valence-electron chi connectivity index (χ1n) is 24.1. The number of hydrogen-bond acceptors (Lipinski definition) is 16. The van der Waals surface area contributed by atoms with Crippen LogP contribution in [0, 0.1) is 0 Å². The van der Waals surface area contributed by atoms with E-state index < -0.39 is 89.8 Å². The number of carbonyl (C=O) groups excluding carboxylic acids is 2. The molecule has 21 heteroatoms. The summed E-state index contributed by atoms with van der Waals surface area (Å²) in [4.78, 5) is 61.8. The summed E-state index contributed by atoms with van der Waals surface area (Å²) in [5.41, 5.74) is 4.57. The van der Waals surface area contributed by atoms with Crippen molar-refractivity contribution in [3.8, 4) is 0 Å². The predicted octanol–water partition coefficient (Wildman–Crippen LogP) is 8.30. The highest BCUT2D eigenvalue weighted by molar-refractivity contribution is 7.61. The number of phosphoric ester groups is 2. The number of aliphatic hydroxyl groups is 3. The molecule has 0 radical (unpaired) electrons. The first kappa shape index (κ1) is 61.3. The molecular weight excluding hydrogens is 936 g/mol. The molecule has 2 rings (SSSR count). The van der Waals surface area contributed by atoms with Gasteiger partial charge in [-0.2, -0.15) is 9.29 Å². The van der Waals surface area contributed by atoms with Crippen LogP contribution in [0.1, 0.15) is 142 Å². The van der Waals surface area contributed by atoms with Crippen molar-refractivity contribution in [1.29, 1.82) is 0 Å². The molecule has 1 aromatic rings. The molecule has 69 heavy (non-hydrogen) atoms. The van der Waals surface area contributed by atoms with Gasteiger partial charge in [0.1, 0.15) is 30.7 Å². The fourth-order valence-electron chi connectivity index (χ4n) is 6.60. The summed E-state index contributed by atoms with van der Waals surface area (Å²) >= 11 is 0. The van der Waals surface area contributed by atoms with Crippen molar-refractivity contribution in [2.45, 2.75) is 173 Å². The monoisotopic (exact) mass is 1010 g/mol. The van der Waals surface area contributed by atoms with Crippen molar-refractivity contribution in [2.24, 2.45) is 0 Å². The van der Waals surface area contributed by atoms with Gasteiger partial charge >= 0.3 is 33.3 Å². The molecule has 19 nitrogen and oxygen atoms in total. The highest BCUT2D eigenvalue weighted by atomic mass is 31.3. The first-order valence-corrected chi connectivity index (χ1v) is 27.0. The molecule has 1 saturated heterocycles. The highest BCUT2D eigenvalue weighted by Gasteiger charge is 2.46. The van der Waals surface area contributed by atoms with Gasteiger partial charge in [-0.05, 0) is 76.7 Å². The number of anilines is 1. The summed E-state index contributed by atoms with van der Waals surface area (Å²) < 4.78 is 56.6. The molecule has 0 aliphatic carbocycles. The number of phosphoric acid groups is 2. The molecule has 0 amide bonds. The van der Waals surface area contributed by atoms with Crippen LogP contribution in [0.25, 0.3) is 0 Å². The molecule has 8 atom stereocenters. The van der Waals surface area contributed by atoms with Crippen molar-refractivity contribution in [2.75, 3.05) is 25.6 Å². The van der Waals surface area contributed by atoms with Gasteiger partial charge in [0, 0.05) is 19.0 Å². The lowest BCUT2D eigenvalue weighted by Crippen LogP contribution is -2.36. The van der Waals surface area contributed by atoms with Crippen LogP contribution in [0.4, 0.5) is 5.82 Å². The molecule has 1 aromatic heterocycles. The summed E-state index contributed by atoms with van der Waals surface area (Å²) in [6.07, 6.45) is 32.0. The van der Waals surface area contributed by atoms with E-state index in [2.05, 4.69) is 28.4 Å². The van der Waals surface area contributed by atoms with E-state index >= 15 is 0 Å². The number of nitrogens with two attached hydrogens (primary N) is 1. The largest absolute Gasteiger partial charge is 0.481 e. The van der Waals surface area contributed by atoms with E-state index in [0.717, 1.165) is 62.1 Å². The smallest absolute Gasteiger partial charge is 0.462 e. The van der Waals surface area contributed by atoms with Gasteiger partial charge in [-0.15, -0.1) is 0 Å². The molecule has 390 valence electrons. The Morgan fingerprint density at radius 1 is 0.783 bits per heavy atom. The Kier molecular flexibility index (Phi) is 32.1. The number of nitrogen functional groups attached to an aromatic ring is 1. The van der Waals surface area contributed by atoms with Crippen LogP contribution in [0.2, 0.25) is 0 Å². The number of aliphatic hydroxyl groups excluding tert-OH is 3. The molecule has 1 aliphatic heterocycles. The summed E-state index contributed by atoms with van der Waals surface area (Å²) in [7, 11) is -10.9. The minimum Gasteiger partial charge on any atom is -0.462 e. The van der Waals surface area contributed by atoms with Gasteiger partial charge in [0.2, 0.25) is 0 Å². The molecule has 0 aromatic carbocycles. The number of rotatable bonds is 38. The van der Waals surface area contributed by atoms with Gasteiger partial charge in [-0.25, -0.2) is 13.9 Å². The minimum absolute atomic E-state index is 0.0509. The fraction of sp³-hybridized carbons (Fsp3) is 0.625. The zero-order valence-electron chi connectivity index (χ0n) is 40.2. The van der Waals surface area contributed by atoms with E-state index in [9.17, 15) is 48.6 Å². The number of aromatic nitrogens is 2. The second-order valence-corrected chi connectivity index (χ2v) is 19.5. The number of carbonyl (C=O) groups is 2. The van der Waals surface area contributed by atoms with E-state index in [1.54, 1.807) is 6.08 Å². The van der Waals surface area contributed by atoms with Crippen LogP contribution in [0.15, 0.2) is 90.0 Å². The van der Waals surface area contributed by atoms with E-state index in [1.807, 2.05) is 61.6 Å². The molecule has 0 bridgehead atoms. The standard InChI is InChI=1S/C48H77N3O16P2/c1-3-5-7-8-9-10-11-12-16-19-22-25-28-32-43(53)62-36-40(65-44(54)33-29-26-23-20-17-14-13-15-18-21-24-27-31-39(52)30-6-4-2)37-63-68(58,59)67-69(60,61)64-38-41-45(55)46(56)47(66-41)51-35-34-42(49)50-48(51)57/h6,10-11,13-14,18,20-21,23-24,27,30,34-35,39-41,45-47,52,55-56H,3-5,7-9,12,15-17,19,22,25-26,28-29,31-33,36-38H2,1-2H3,(H,58,59)(H,60,61)(H2,49,50,57)/b11-10-,14-13-,21-18-,23-20-,27-24+,30-6-/t39?,40-,41-,45-,46-,47-/m1/s1. The van der Waals surface area contributed by atoms with E-state index in [4.69, 9.17) is 29.0 Å². The van der Waals surface area contributed by atoms with Crippen molar-refractivity contribution in [3.05, 3.63) is 95.7 Å². The SMILES string of the molecule is CC/C=C\C(O)C/C=C/C=C\C/C=C\C/C=C\CCCC(=O)O[C@H](COC(=O)CCCCCCC/C=C\CCCCCC)COP(=O)(O)OP(=O)(O)OC[C@H]1O[C@@H](n2ccc(N)nc2=O)[C@H](O)[C@@H]1O. The summed E-state index contributed by atoms with van der Waals surface area (Å²) in [6, 6.07) is 1.24. The second-order valence-electron chi connectivity index (χ2n) is 16.4. The van der Waals surface area contributed by atoms with Gasteiger partial charge in [0.05, 0.1) is 19.3 Å². The minimum atomic E-state index is -5.45. The Balaban J connectivity index is 1.86. The molecule has 2 heterocycles. The number of unbranched alkanes of at least 4 members (excludes halogenated alkanes) is 10. The number of esters is 2. The fourth-order valence-corrected chi connectivity index (χ4v) is 8.71. The number of ether oxygens (including phenoxy) is 3. The molecule has 1 fully saturated rings. The third-order valence-electron chi connectivity index (χ3n) is 10.3. The molecule has 0 spiro atoms. The summed E-state index contributed by atoms with van der Waals surface area (Å²) in [5, 5.41) is 30.7. The van der Waals surface area contributed by atoms with Crippen molar-refractivity contribution >= 4 is 33.4 Å². The van der Waals surface area contributed by atoms with Gasteiger partial charge in [0.25, 0.3) is 0 Å². The predicted molar refractivity (Wildman–Crippen MR) is 262 cm³/mol. The number of allylic oxidation sites excluding steroid dienone is 10. The Hall–Kier alpha value is -3.84. The Morgan fingerprint density at radius 3 is 2.10 bits per heavy atom. The van der Waals surface area contributed by atoms with Crippen LogP contribution < -0.4 is 11.4 Å². The molecular formula is C48H77N3O16P2. The van der Waals surface area contributed by atoms with Crippen molar-refractivity contribution in [1.82, 2.24) is 9.55 Å². The molecule has 3 unspecified atom stereocenters. The second kappa shape index (κ2) is 36.1. The average molecular weight is 1010 g/mol. The van der Waals surface area contributed by atoms with Gasteiger partial charge in [0.15, 0.2) is 12.3 Å². The van der Waals surface area contributed by atoms with Crippen LogP contribution >= 0.6 is 15.6 Å². The number of nitrogens with zero attached hydrogens (tertiary/aromatic N) is 2. The normalized spacial score (nSPS) is 20.4. The third-order valence-corrected chi connectivity index (χ3v) is 13.0. The van der Waals surface area contributed by atoms with Crippen LogP contribution in [0.5, 0.6) is 0 Å². The van der Waals surface area contributed by atoms with E-state index in [0.29, 0.717) is 32.1 Å². The number of hydrogen-bond donors (Lipinski definition) is 6. The van der Waals surface area contributed by atoms with Crippen LogP contribution in [0.3, 0.4) is 0 Å². The summed E-state index contributed by atoms with van der Waals surface area (Å²) in [6.45, 7) is 1.81. The van der Waals surface area contributed by atoms with Crippen molar-refractivity contribution < 1.29 is 71.4 Å². The highest BCUT2D eigenvalue weighted by Crippen LogP contribution is 2.60. The maximum atomic E-state index is 12.8. The zero-order valence-corrected chi connectivity index (χ0v) is 42.0. The quantitative estimate of drug-likeness (QED) is 0.0119. The Bertz CT molecular complexity index is 1950. The molecule has 1 aliphatic rings.